The van der Waals surface area contributed by atoms with Crippen LogP contribution >= 0.6 is 23.4 Å². The normalized spacial score (nSPS) is 10.4. The quantitative estimate of drug-likeness (QED) is 0.607. The lowest BCUT2D eigenvalue weighted by Gasteiger charge is -2.09. The van der Waals surface area contributed by atoms with E-state index < -0.39 is 18.5 Å². The molecule has 0 aromatic heterocycles. The smallest absolute Gasteiger partial charge is 0.340 e. The van der Waals surface area contributed by atoms with Crippen LogP contribution in [0.1, 0.15) is 21.5 Å². The standard InChI is InChI=1S/C18H17ClFNO3S/c1-11-3-4-12(7-16(11)20)9-21-17(22)10-24-18(23)14-8-13(25-2)5-6-15(14)19/h3-8H,9-10H2,1-2H3,(H,21,22). The zero-order valence-electron chi connectivity index (χ0n) is 13.8. The van der Waals surface area contributed by atoms with Crippen molar-refractivity contribution in [1.82, 2.24) is 5.32 Å². The highest BCUT2D eigenvalue weighted by Crippen LogP contribution is 2.23. The number of benzene rings is 2. The molecule has 0 bridgehead atoms. The predicted molar refractivity (Wildman–Crippen MR) is 96.5 cm³/mol. The number of ether oxygens (including phenoxy) is 1. The third-order valence-corrected chi connectivity index (χ3v) is 4.51. The maximum Gasteiger partial charge on any atom is 0.340 e. The van der Waals surface area contributed by atoms with Crippen LogP contribution in [0.3, 0.4) is 0 Å². The maximum absolute atomic E-state index is 13.4. The average Bonchev–Trinajstić information content (AvgIpc) is 2.61. The minimum Gasteiger partial charge on any atom is -0.452 e. The molecular formula is C18H17ClFNO3S. The Morgan fingerprint density at radius 1 is 1.24 bits per heavy atom. The highest BCUT2D eigenvalue weighted by molar-refractivity contribution is 7.98. The van der Waals surface area contributed by atoms with Crippen molar-refractivity contribution in [3.63, 3.8) is 0 Å². The lowest BCUT2D eigenvalue weighted by atomic mass is 10.1. The molecule has 0 atom stereocenters. The van der Waals surface area contributed by atoms with Gasteiger partial charge in [-0.3, -0.25) is 4.79 Å². The van der Waals surface area contributed by atoms with E-state index in [2.05, 4.69) is 5.32 Å². The fraction of sp³-hybridized carbons (Fsp3) is 0.222. The number of halogens is 2. The van der Waals surface area contributed by atoms with E-state index in [1.807, 2.05) is 6.26 Å². The van der Waals surface area contributed by atoms with Crippen LogP contribution in [0.15, 0.2) is 41.3 Å². The molecule has 0 unspecified atom stereocenters. The van der Waals surface area contributed by atoms with E-state index in [9.17, 15) is 14.0 Å². The van der Waals surface area contributed by atoms with Crippen LogP contribution in [0.5, 0.6) is 0 Å². The summed E-state index contributed by atoms with van der Waals surface area (Å²) in [5, 5.41) is 2.83. The zero-order chi connectivity index (χ0) is 18.4. The van der Waals surface area contributed by atoms with Crippen LogP contribution in [0.2, 0.25) is 5.02 Å². The van der Waals surface area contributed by atoms with E-state index in [0.29, 0.717) is 11.1 Å². The molecule has 132 valence electrons. The maximum atomic E-state index is 13.4. The van der Waals surface area contributed by atoms with Gasteiger partial charge >= 0.3 is 5.97 Å². The molecule has 1 amide bonds. The number of amides is 1. The van der Waals surface area contributed by atoms with Gasteiger partial charge in [-0.2, -0.15) is 0 Å². The van der Waals surface area contributed by atoms with E-state index in [4.69, 9.17) is 16.3 Å². The Kier molecular flexibility index (Phi) is 6.84. The molecule has 2 aromatic carbocycles. The Bertz CT molecular complexity index is 798. The number of nitrogens with one attached hydrogen (secondary N) is 1. The summed E-state index contributed by atoms with van der Waals surface area (Å²) < 4.78 is 18.4. The van der Waals surface area contributed by atoms with Crippen molar-refractivity contribution in [3.05, 3.63) is 63.9 Å². The predicted octanol–water partition coefficient (Wildman–Crippen LogP) is 3.98. The summed E-state index contributed by atoms with van der Waals surface area (Å²) >= 11 is 7.45. The first kappa shape index (κ1) is 19.3. The number of aryl methyl sites for hydroxylation is 1. The molecule has 0 aliphatic carbocycles. The summed E-state index contributed by atoms with van der Waals surface area (Å²) in [6, 6.07) is 9.72. The zero-order valence-corrected chi connectivity index (χ0v) is 15.3. The molecule has 25 heavy (non-hydrogen) atoms. The van der Waals surface area contributed by atoms with Gasteiger partial charge in [-0.1, -0.05) is 23.7 Å². The summed E-state index contributed by atoms with van der Waals surface area (Å²) in [5.41, 5.74) is 1.37. The van der Waals surface area contributed by atoms with Gasteiger partial charge in [-0.15, -0.1) is 11.8 Å². The van der Waals surface area contributed by atoms with Crippen LogP contribution in [0.25, 0.3) is 0 Å². The molecule has 2 aromatic rings. The first-order valence-corrected chi connectivity index (χ1v) is 9.03. The molecule has 0 saturated heterocycles. The van der Waals surface area contributed by atoms with Crippen LogP contribution in [0.4, 0.5) is 4.39 Å². The van der Waals surface area contributed by atoms with E-state index in [0.717, 1.165) is 4.90 Å². The summed E-state index contributed by atoms with van der Waals surface area (Å²) in [5.74, 6) is -1.48. The highest BCUT2D eigenvalue weighted by atomic mass is 35.5. The first-order chi connectivity index (χ1) is 11.9. The Morgan fingerprint density at radius 2 is 2.00 bits per heavy atom. The van der Waals surface area contributed by atoms with Gasteiger partial charge in [0.1, 0.15) is 5.82 Å². The Balaban J connectivity index is 1.87. The van der Waals surface area contributed by atoms with Crippen LogP contribution in [0, 0.1) is 12.7 Å². The van der Waals surface area contributed by atoms with Crippen molar-refractivity contribution in [2.24, 2.45) is 0 Å². The van der Waals surface area contributed by atoms with Crippen molar-refractivity contribution in [2.75, 3.05) is 12.9 Å². The highest BCUT2D eigenvalue weighted by Gasteiger charge is 2.14. The van der Waals surface area contributed by atoms with Crippen LogP contribution in [-0.4, -0.2) is 24.7 Å². The van der Waals surface area contributed by atoms with Gasteiger partial charge in [0.05, 0.1) is 10.6 Å². The number of hydrogen-bond acceptors (Lipinski definition) is 4. The lowest BCUT2D eigenvalue weighted by molar-refractivity contribution is -0.124. The molecule has 2 rings (SSSR count). The summed E-state index contributed by atoms with van der Waals surface area (Å²) in [7, 11) is 0. The third-order valence-electron chi connectivity index (χ3n) is 3.45. The van der Waals surface area contributed by atoms with Crippen molar-refractivity contribution >= 4 is 35.2 Å². The minimum absolute atomic E-state index is 0.149. The number of carbonyl (C=O) groups excluding carboxylic acids is 2. The molecule has 7 heteroatoms. The van der Waals surface area contributed by atoms with Gasteiger partial charge in [0, 0.05) is 11.4 Å². The monoisotopic (exact) mass is 381 g/mol. The lowest BCUT2D eigenvalue weighted by Crippen LogP contribution is -2.28. The minimum atomic E-state index is -0.669. The molecule has 0 spiro atoms. The van der Waals surface area contributed by atoms with Crippen LogP contribution in [-0.2, 0) is 16.1 Å². The molecule has 1 N–H and O–H groups in total. The molecule has 4 nitrogen and oxygen atoms in total. The molecule has 0 saturated carbocycles. The molecular weight excluding hydrogens is 365 g/mol. The summed E-state index contributed by atoms with van der Waals surface area (Å²) in [4.78, 5) is 24.7. The van der Waals surface area contributed by atoms with Gasteiger partial charge in [0.15, 0.2) is 6.61 Å². The van der Waals surface area contributed by atoms with Crippen molar-refractivity contribution < 1.29 is 18.7 Å². The molecule has 0 aliphatic heterocycles. The van der Waals surface area contributed by atoms with Crippen molar-refractivity contribution in [2.45, 2.75) is 18.4 Å². The molecule has 0 fully saturated rings. The Labute approximate surface area is 154 Å². The average molecular weight is 382 g/mol. The molecule has 0 heterocycles. The van der Waals surface area contributed by atoms with E-state index in [1.54, 1.807) is 37.3 Å². The number of hydrogen-bond donors (Lipinski definition) is 1. The van der Waals surface area contributed by atoms with E-state index in [1.165, 1.54) is 17.8 Å². The van der Waals surface area contributed by atoms with Gasteiger partial charge in [0.25, 0.3) is 5.91 Å². The molecule has 0 radical (unpaired) electrons. The summed E-state index contributed by atoms with van der Waals surface area (Å²) in [6.07, 6.45) is 1.87. The van der Waals surface area contributed by atoms with Gasteiger partial charge in [-0.05, 0) is 48.6 Å². The number of rotatable bonds is 6. The summed E-state index contributed by atoms with van der Waals surface area (Å²) in [6.45, 7) is 1.37. The van der Waals surface area contributed by atoms with Gasteiger partial charge in [0.2, 0.25) is 0 Å². The second-order valence-corrected chi connectivity index (χ2v) is 6.57. The van der Waals surface area contributed by atoms with Gasteiger partial charge in [-0.25, -0.2) is 9.18 Å². The SMILES string of the molecule is CSc1ccc(Cl)c(C(=O)OCC(=O)NCc2ccc(C)c(F)c2)c1. The first-order valence-electron chi connectivity index (χ1n) is 7.43. The molecule has 0 aliphatic rings. The van der Waals surface area contributed by atoms with Gasteiger partial charge < -0.3 is 10.1 Å². The van der Waals surface area contributed by atoms with E-state index >= 15 is 0 Å². The Morgan fingerprint density at radius 3 is 2.68 bits per heavy atom. The fourth-order valence-electron chi connectivity index (χ4n) is 1.99. The Hall–Kier alpha value is -2.05. The number of thioether (sulfide) groups is 1. The largest absolute Gasteiger partial charge is 0.452 e. The number of esters is 1. The fourth-order valence-corrected chi connectivity index (χ4v) is 2.63. The van der Waals surface area contributed by atoms with Crippen molar-refractivity contribution in [3.8, 4) is 0 Å². The van der Waals surface area contributed by atoms with Crippen LogP contribution < -0.4 is 5.32 Å². The second kappa shape index (κ2) is 8.87. The van der Waals surface area contributed by atoms with E-state index in [-0.39, 0.29) is 22.9 Å². The topological polar surface area (TPSA) is 55.4 Å². The number of carbonyl (C=O) groups is 2. The second-order valence-electron chi connectivity index (χ2n) is 5.28. The third kappa shape index (κ3) is 5.47. The van der Waals surface area contributed by atoms with Crippen molar-refractivity contribution in [1.29, 1.82) is 0 Å².